The second-order valence-electron chi connectivity index (χ2n) is 7.89. The van der Waals surface area contributed by atoms with E-state index in [0.717, 1.165) is 48.3 Å². The molecule has 10 heteroatoms. The number of carboxylic acid groups (broad SMARTS) is 1. The fourth-order valence-electron chi connectivity index (χ4n) is 4.34. The molecule has 3 heterocycles. The van der Waals surface area contributed by atoms with E-state index in [1.165, 1.54) is 34.2 Å². The van der Waals surface area contributed by atoms with Gasteiger partial charge in [-0.1, -0.05) is 11.8 Å². The Morgan fingerprint density at radius 2 is 2.00 bits per heavy atom. The number of carboxylic acids is 1. The van der Waals surface area contributed by atoms with Gasteiger partial charge in [0, 0.05) is 49.8 Å². The predicted molar refractivity (Wildman–Crippen MR) is 123 cm³/mol. The first-order valence-electron chi connectivity index (χ1n) is 10.6. The van der Waals surface area contributed by atoms with Crippen molar-refractivity contribution < 1.29 is 24.2 Å². The number of carbonyl (C=O) groups excluding carboxylic acids is 1. The van der Waals surface area contributed by atoms with Crippen LogP contribution in [0.4, 0.5) is 0 Å². The van der Waals surface area contributed by atoms with Crippen molar-refractivity contribution in [3.05, 3.63) is 34.3 Å². The molecule has 172 valence electrons. The maximum atomic E-state index is 12.5. The molecule has 1 aromatic carbocycles. The van der Waals surface area contributed by atoms with Crippen LogP contribution in [0.5, 0.6) is 11.5 Å². The molecule has 2 aliphatic rings. The van der Waals surface area contributed by atoms with Crippen LogP contribution < -0.4 is 9.47 Å². The van der Waals surface area contributed by atoms with Crippen LogP contribution >= 0.6 is 23.1 Å². The number of thiazole rings is 1. The van der Waals surface area contributed by atoms with Crippen molar-refractivity contribution in [2.24, 2.45) is 0 Å². The third kappa shape index (κ3) is 5.02. The molecule has 2 aromatic rings. The van der Waals surface area contributed by atoms with Crippen LogP contribution in [0.25, 0.3) is 0 Å². The fourth-order valence-corrected chi connectivity index (χ4v) is 6.15. The summed E-state index contributed by atoms with van der Waals surface area (Å²) in [7, 11) is 3.31. The van der Waals surface area contributed by atoms with Crippen molar-refractivity contribution in [3.8, 4) is 11.5 Å². The summed E-state index contributed by atoms with van der Waals surface area (Å²) in [5, 5.41) is 10.6. The number of thioether (sulfide) groups is 1. The number of carbonyl (C=O) groups is 2. The maximum Gasteiger partial charge on any atom is 0.355 e. The first kappa shape index (κ1) is 22.9. The van der Waals surface area contributed by atoms with Gasteiger partial charge in [-0.25, -0.2) is 9.78 Å². The molecule has 4 rings (SSSR count). The topological polar surface area (TPSA) is 92.2 Å². The number of hydrogen-bond acceptors (Lipinski definition) is 8. The largest absolute Gasteiger partial charge is 0.493 e. The smallest absolute Gasteiger partial charge is 0.355 e. The number of amides is 1. The number of aromatic carboxylic acids is 1. The molecule has 32 heavy (non-hydrogen) atoms. The summed E-state index contributed by atoms with van der Waals surface area (Å²) in [5.74, 6) is 1.40. The van der Waals surface area contributed by atoms with E-state index < -0.39 is 5.97 Å². The van der Waals surface area contributed by atoms with Crippen LogP contribution in [-0.2, 0) is 17.8 Å². The zero-order valence-electron chi connectivity index (χ0n) is 18.2. The monoisotopic (exact) mass is 477 g/mol. The number of ether oxygens (including phenoxy) is 2. The number of rotatable bonds is 9. The van der Waals surface area contributed by atoms with Gasteiger partial charge in [-0.15, -0.1) is 11.3 Å². The molecule has 0 unspecified atom stereocenters. The molecular weight excluding hydrogens is 450 g/mol. The molecule has 1 amide bonds. The molecule has 0 saturated carbocycles. The zero-order chi connectivity index (χ0) is 22.7. The van der Waals surface area contributed by atoms with Gasteiger partial charge in [0.15, 0.2) is 21.5 Å². The summed E-state index contributed by atoms with van der Waals surface area (Å²) >= 11 is 2.83. The van der Waals surface area contributed by atoms with E-state index in [4.69, 9.17) is 14.6 Å². The van der Waals surface area contributed by atoms with Crippen molar-refractivity contribution in [1.29, 1.82) is 0 Å². The van der Waals surface area contributed by atoms with Crippen LogP contribution in [0.1, 0.15) is 34.5 Å². The van der Waals surface area contributed by atoms with E-state index in [2.05, 4.69) is 22.0 Å². The van der Waals surface area contributed by atoms with Crippen molar-refractivity contribution in [1.82, 2.24) is 14.8 Å². The molecule has 1 atom stereocenters. The molecule has 8 nitrogen and oxygen atoms in total. The zero-order valence-corrected chi connectivity index (χ0v) is 19.8. The van der Waals surface area contributed by atoms with E-state index in [1.54, 1.807) is 19.6 Å². The molecule has 1 aromatic heterocycles. The van der Waals surface area contributed by atoms with E-state index >= 15 is 0 Å². The molecule has 2 aliphatic heterocycles. The van der Waals surface area contributed by atoms with Gasteiger partial charge in [-0.05, 0) is 36.1 Å². The van der Waals surface area contributed by atoms with Crippen molar-refractivity contribution in [2.45, 2.75) is 36.2 Å². The number of nitrogens with zero attached hydrogens (tertiary/aromatic N) is 3. The minimum absolute atomic E-state index is 0.0762. The highest BCUT2D eigenvalue weighted by molar-refractivity contribution is 8.01. The molecule has 0 aliphatic carbocycles. The summed E-state index contributed by atoms with van der Waals surface area (Å²) < 4.78 is 11.6. The lowest BCUT2D eigenvalue weighted by molar-refractivity contribution is -0.128. The van der Waals surface area contributed by atoms with Gasteiger partial charge in [-0.3, -0.25) is 9.69 Å². The second-order valence-corrected chi connectivity index (χ2v) is 10.1. The van der Waals surface area contributed by atoms with Crippen LogP contribution in [0, 0.1) is 0 Å². The molecule has 0 spiro atoms. The fraction of sp³-hybridized carbons (Fsp3) is 0.500. The highest BCUT2D eigenvalue weighted by Gasteiger charge is 2.32. The van der Waals surface area contributed by atoms with Gasteiger partial charge in [0.2, 0.25) is 5.91 Å². The van der Waals surface area contributed by atoms with Crippen molar-refractivity contribution in [3.63, 3.8) is 0 Å². The van der Waals surface area contributed by atoms with Crippen molar-refractivity contribution in [2.75, 3.05) is 39.6 Å². The quantitative estimate of drug-likeness (QED) is 0.551. The molecular formula is C22H27N3O5S2. The second kappa shape index (κ2) is 10.1. The Morgan fingerprint density at radius 3 is 2.69 bits per heavy atom. The van der Waals surface area contributed by atoms with Gasteiger partial charge in [0.1, 0.15) is 0 Å². The van der Waals surface area contributed by atoms with Gasteiger partial charge >= 0.3 is 5.97 Å². The van der Waals surface area contributed by atoms with Gasteiger partial charge in [0.05, 0.1) is 14.2 Å². The van der Waals surface area contributed by atoms with Crippen LogP contribution in [0.3, 0.4) is 0 Å². The van der Waals surface area contributed by atoms with Gasteiger partial charge < -0.3 is 19.5 Å². The number of likely N-dealkylation sites (tertiary alicyclic amines) is 1. The first-order chi connectivity index (χ1) is 15.5. The number of benzene rings is 1. The Labute approximate surface area is 195 Å². The lowest BCUT2D eigenvalue weighted by atomic mass is 9.98. The average molecular weight is 478 g/mol. The van der Waals surface area contributed by atoms with Crippen LogP contribution in [-0.4, -0.2) is 77.4 Å². The lowest BCUT2D eigenvalue weighted by Gasteiger charge is -2.34. The van der Waals surface area contributed by atoms with Gasteiger partial charge in [0.25, 0.3) is 0 Å². The SMILES string of the molecule is COc1cc2c(cc1OC)CN(C[C@H]1CCC(=O)N1CCSc1nc(C(=O)O)cs1)CC2. The van der Waals surface area contributed by atoms with Crippen LogP contribution in [0.2, 0.25) is 0 Å². The third-order valence-electron chi connectivity index (χ3n) is 5.98. The predicted octanol–water partition coefficient (Wildman–Crippen LogP) is 3.00. The first-order valence-corrected chi connectivity index (χ1v) is 12.4. The minimum Gasteiger partial charge on any atom is -0.493 e. The summed E-state index contributed by atoms with van der Waals surface area (Å²) in [6, 6.07) is 4.34. The maximum absolute atomic E-state index is 12.5. The molecule has 1 N–H and O–H groups in total. The summed E-state index contributed by atoms with van der Waals surface area (Å²) in [4.78, 5) is 32.0. The highest BCUT2D eigenvalue weighted by atomic mass is 32.2. The van der Waals surface area contributed by atoms with E-state index in [1.807, 2.05) is 4.90 Å². The van der Waals surface area contributed by atoms with Crippen molar-refractivity contribution >= 4 is 35.0 Å². The van der Waals surface area contributed by atoms with E-state index in [-0.39, 0.29) is 17.6 Å². The summed E-state index contributed by atoms with van der Waals surface area (Å²) in [6.45, 7) is 3.28. The molecule has 0 radical (unpaired) electrons. The van der Waals surface area contributed by atoms with Crippen LogP contribution in [0.15, 0.2) is 21.9 Å². The number of aromatic nitrogens is 1. The Hall–Kier alpha value is -2.30. The highest BCUT2D eigenvalue weighted by Crippen LogP contribution is 2.34. The summed E-state index contributed by atoms with van der Waals surface area (Å²) in [6.07, 6.45) is 2.41. The van der Waals surface area contributed by atoms with E-state index in [0.29, 0.717) is 18.7 Å². The Morgan fingerprint density at radius 1 is 1.25 bits per heavy atom. The third-order valence-corrected chi connectivity index (χ3v) is 7.98. The molecule has 0 bridgehead atoms. The average Bonchev–Trinajstić information content (AvgIpc) is 3.40. The Balaban J connectivity index is 1.34. The minimum atomic E-state index is -1.01. The lowest BCUT2D eigenvalue weighted by Crippen LogP contribution is -2.44. The number of methoxy groups -OCH3 is 2. The van der Waals surface area contributed by atoms with E-state index in [9.17, 15) is 9.59 Å². The van der Waals surface area contributed by atoms with Gasteiger partial charge in [-0.2, -0.15) is 0 Å². The number of hydrogen-bond donors (Lipinski definition) is 1. The Kier molecular flexibility index (Phi) is 7.22. The standard InChI is InChI=1S/C22H27N3O5S2/c1-29-18-9-14-5-6-24(11-15(14)10-19(18)30-2)12-16-3-4-20(26)25(16)7-8-31-22-23-17(13-32-22)21(27)28/h9-10,13,16H,3-8,11-12H2,1-2H3,(H,27,28)/t16-/m1/s1. The summed E-state index contributed by atoms with van der Waals surface area (Å²) in [5.41, 5.74) is 2.62. The normalized spacial score (nSPS) is 18.6. The Bertz CT molecular complexity index is 996. The molecule has 1 saturated heterocycles. The molecule has 1 fully saturated rings. The number of fused-ring (bicyclic) bond motifs is 1.